The SMILES string of the molecule is COc1ccc(C(=O)Nc2cccc(-c3cnc(-c4ccc(OC)cc4)[nH]3)c2)cc1.Cl. The molecule has 0 saturated heterocycles. The fourth-order valence-corrected chi connectivity index (χ4v) is 3.07. The third kappa shape index (κ3) is 5.05. The number of H-pyrrole nitrogens is 1. The lowest BCUT2D eigenvalue weighted by Crippen LogP contribution is -2.11. The van der Waals surface area contributed by atoms with Crippen LogP contribution in [0, 0.1) is 0 Å². The van der Waals surface area contributed by atoms with Gasteiger partial charge >= 0.3 is 0 Å². The van der Waals surface area contributed by atoms with E-state index < -0.39 is 0 Å². The van der Waals surface area contributed by atoms with Crippen molar-refractivity contribution in [3.05, 3.63) is 84.6 Å². The first-order valence-electron chi connectivity index (χ1n) is 9.41. The molecule has 7 heteroatoms. The van der Waals surface area contributed by atoms with Gasteiger partial charge in [-0.05, 0) is 60.7 Å². The van der Waals surface area contributed by atoms with Gasteiger partial charge in [0.15, 0.2) is 0 Å². The molecule has 6 nitrogen and oxygen atoms in total. The molecular weight excluding hydrogens is 414 g/mol. The Morgan fingerprint density at radius 3 is 2.16 bits per heavy atom. The number of methoxy groups -OCH3 is 2. The zero-order valence-electron chi connectivity index (χ0n) is 17.1. The van der Waals surface area contributed by atoms with Crippen molar-refractivity contribution in [3.8, 4) is 34.1 Å². The van der Waals surface area contributed by atoms with E-state index in [1.54, 1.807) is 44.7 Å². The van der Waals surface area contributed by atoms with Crippen molar-refractivity contribution >= 4 is 24.0 Å². The van der Waals surface area contributed by atoms with E-state index in [1.807, 2.05) is 48.5 Å². The Kier molecular flexibility index (Phi) is 6.95. The van der Waals surface area contributed by atoms with E-state index in [4.69, 9.17) is 9.47 Å². The molecule has 0 atom stereocenters. The van der Waals surface area contributed by atoms with Crippen LogP contribution in [-0.2, 0) is 0 Å². The molecule has 0 saturated carbocycles. The third-order valence-corrected chi connectivity index (χ3v) is 4.72. The fraction of sp³-hybridized carbons (Fsp3) is 0.0833. The standard InChI is InChI=1S/C24H21N3O3.ClH/c1-29-20-10-6-16(7-11-20)23-25-15-22(27-23)18-4-3-5-19(14-18)26-24(28)17-8-12-21(30-2)13-9-17;/h3-15H,1-2H3,(H,25,27)(H,26,28);1H. The van der Waals surface area contributed by atoms with Crippen molar-refractivity contribution in [3.63, 3.8) is 0 Å². The van der Waals surface area contributed by atoms with Gasteiger partial charge in [0.05, 0.1) is 26.1 Å². The number of hydrogen-bond acceptors (Lipinski definition) is 4. The summed E-state index contributed by atoms with van der Waals surface area (Å²) < 4.78 is 10.3. The second-order valence-corrected chi connectivity index (χ2v) is 6.64. The Balaban J connectivity index is 0.00000272. The van der Waals surface area contributed by atoms with Crippen molar-refractivity contribution in [1.29, 1.82) is 0 Å². The van der Waals surface area contributed by atoms with E-state index in [0.717, 1.165) is 28.4 Å². The summed E-state index contributed by atoms with van der Waals surface area (Å²) in [6.45, 7) is 0. The second-order valence-electron chi connectivity index (χ2n) is 6.64. The molecule has 3 aromatic carbocycles. The first kappa shape index (κ1) is 21.9. The van der Waals surface area contributed by atoms with E-state index >= 15 is 0 Å². The van der Waals surface area contributed by atoms with Crippen LogP contribution < -0.4 is 14.8 Å². The van der Waals surface area contributed by atoms with E-state index in [-0.39, 0.29) is 18.3 Å². The number of ether oxygens (including phenoxy) is 2. The highest BCUT2D eigenvalue weighted by atomic mass is 35.5. The smallest absolute Gasteiger partial charge is 0.255 e. The van der Waals surface area contributed by atoms with Gasteiger partial charge in [-0.1, -0.05) is 12.1 Å². The van der Waals surface area contributed by atoms with E-state index in [9.17, 15) is 4.79 Å². The van der Waals surface area contributed by atoms with Gasteiger partial charge in [-0.15, -0.1) is 12.4 Å². The fourth-order valence-electron chi connectivity index (χ4n) is 3.07. The number of benzene rings is 3. The van der Waals surface area contributed by atoms with E-state index in [0.29, 0.717) is 17.0 Å². The molecule has 4 rings (SSSR count). The van der Waals surface area contributed by atoms with E-state index in [1.165, 1.54) is 0 Å². The third-order valence-electron chi connectivity index (χ3n) is 4.72. The maximum Gasteiger partial charge on any atom is 0.255 e. The molecule has 0 unspecified atom stereocenters. The van der Waals surface area contributed by atoms with Crippen LogP contribution in [0.4, 0.5) is 5.69 Å². The highest BCUT2D eigenvalue weighted by Crippen LogP contribution is 2.26. The molecular formula is C24H22ClN3O3. The maximum atomic E-state index is 12.5. The Labute approximate surface area is 186 Å². The van der Waals surface area contributed by atoms with E-state index in [2.05, 4.69) is 15.3 Å². The van der Waals surface area contributed by atoms with Crippen LogP contribution in [0.2, 0.25) is 0 Å². The number of nitrogens with zero attached hydrogens (tertiary/aromatic N) is 1. The van der Waals surface area contributed by atoms with Crippen LogP contribution in [-0.4, -0.2) is 30.1 Å². The molecule has 0 aliphatic rings. The van der Waals surface area contributed by atoms with Crippen LogP contribution >= 0.6 is 12.4 Å². The summed E-state index contributed by atoms with van der Waals surface area (Å²) in [6, 6.07) is 22.3. The highest BCUT2D eigenvalue weighted by molar-refractivity contribution is 6.04. The van der Waals surface area contributed by atoms with Crippen LogP contribution in [0.5, 0.6) is 11.5 Å². The van der Waals surface area contributed by atoms with Crippen molar-refractivity contribution in [2.45, 2.75) is 0 Å². The Bertz CT molecular complexity index is 1160. The zero-order valence-corrected chi connectivity index (χ0v) is 17.9. The highest BCUT2D eigenvalue weighted by Gasteiger charge is 2.09. The van der Waals surface area contributed by atoms with Gasteiger partial charge < -0.3 is 19.8 Å². The molecule has 0 bridgehead atoms. The minimum Gasteiger partial charge on any atom is -0.497 e. The van der Waals surface area contributed by atoms with Crippen LogP contribution in [0.15, 0.2) is 79.0 Å². The number of imidazole rings is 1. The lowest BCUT2D eigenvalue weighted by atomic mass is 10.1. The van der Waals surface area contributed by atoms with Crippen LogP contribution in [0.25, 0.3) is 22.6 Å². The van der Waals surface area contributed by atoms with Crippen molar-refractivity contribution < 1.29 is 14.3 Å². The van der Waals surface area contributed by atoms with Gasteiger partial charge in [0.2, 0.25) is 0 Å². The summed E-state index contributed by atoms with van der Waals surface area (Å²) in [4.78, 5) is 20.3. The van der Waals surface area contributed by atoms with Gasteiger partial charge in [-0.3, -0.25) is 4.79 Å². The number of carbonyl (C=O) groups is 1. The van der Waals surface area contributed by atoms with Crippen LogP contribution in [0.1, 0.15) is 10.4 Å². The predicted molar refractivity (Wildman–Crippen MR) is 124 cm³/mol. The first-order chi connectivity index (χ1) is 14.7. The maximum absolute atomic E-state index is 12.5. The monoisotopic (exact) mass is 435 g/mol. The number of nitrogens with one attached hydrogen (secondary N) is 2. The molecule has 0 fully saturated rings. The first-order valence-corrected chi connectivity index (χ1v) is 9.41. The second kappa shape index (κ2) is 9.82. The van der Waals surface area contributed by atoms with Gasteiger partial charge in [-0.25, -0.2) is 4.98 Å². The molecule has 0 spiro atoms. The molecule has 31 heavy (non-hydrogen) atoms. The number of anilines is 1. The molecule has 0 radical (unpaired) electrons. The summed E-state index contributed by atoms with van der Waals surface area (Å²) in [6.07, 6.45) is 1.78. The molecule has 4 aromatic rings. The summed E-state index contributed by atoms with van der Waals surface area (Å²) in [5, 5.41) is 2.93. The van der Waals surface area contributed by atoms with Crippen molar-refractivity contribution in [2.75, 3.05) is 19.5 Å². The van der Waals surface area contributed by atoms with Gasteiger partial charge in [-0.2, -0.15) is 0 Å². The predicted octanol–water partition coefficient (Wildman–Crippen LogP) is 5.44. The number of aromatic nitrogens is 2. The van der Waals surface area contributed by atoms with Crippen molar-refractivity contribution in [1.82, 2.24) is 9.97 Å². The van der Waals surface area contributed by atoms with Gasteiger partial charge in [0, 0.05) is 22.4 Å². The molecule has 2 N–H and O–H groups in total. The quantitative estimate of drug-likeness (QED) is 0.423. The van der Waals surface area contributed by atoms with Crippen LogP contribution in [0.3, 0.4) is 0 Å². The lowest BCUT2D eigenvalue weighted by molar-refractivity contribution is 0.102. The summed E-state index contributed by atoms with van der Waals surface area (Å²) >= 11 is 0. The topological polar surface area (TPSA) is 76.2 Å². The summed E-state index contributed by atoms with van der Waals surface area (Å²) in [5.74, 6) is 2.09. The summed E-state index contributed by atoms with van der Waals surface area (Å²) in [5.41, 5.74) is 4.01. The van der Waals surface area contributed by atoms with Gasteiger partial charge in [0.25, 0.3) is 5.91 Å². The minimum atomic E-state index is -0.182. The number of amides is 1. The average Bonchev–Trinajstić information content (AvgIpc) is 3.30. The number of rotatable bonds is 6. The molecule has 1 aromatic heterocycles. The zero-order chi connectivity index (χ0) is 20.9. The number of carbonyl (C=O) groups excluding carboxylic acids is 1. The Morgan fingerprint density at radius 1 is 0.871 bits per heavy atom. The normalized spacial score (nSPS) is 10.1. The Hall–Kier alpha value is -3.77. The molecule has 1 heterocycles. The molecule has 1 amide bonds. The largest absolute Gasteiger partial charge is 0.497 e. The van der Waals surface area contributed by atoms with Crippen molar-refractivity contribution in [2.24, 2.45) is 0 Å². The minimum absolute atomic E-state index is 0. The molecule has 0 aliphatic carbocycles. The average molecular weight is 436 g/mol. The summed E-state index contributed by atoms with van der Waals surface area (Å²) in [7, 11) is 3.23. The molecule has 0 aliphatic heterocycles. The number of aromatic amines is 1. The number of hydrogen-bond donors (Lipinski definition) is 2. The lowest BCUT2D eigenvalue weighted by Gasteiger charge is -2.07. The van der Waals surface area contributed by atoms with Gasteiger partial charge in [0.1, 0.15) is 17.3 Å². The molecule has 158 valence electrons. The Morgan fingerprint density at radius 2 is 1.52 bits per heavy atom. The number of halogens is 1.